The van der Waals surface area contributed by atoms with E-state index in [1.54, 1.807) is 49.4 Å². The van der Waals surface area contributed by atoms with Crippen LogP contribution < -0.4 is 5.32 Å². The van der Waals surface area contributed by atoms with Gasteiger partial charge in [-0.05, 0) is 25.5 Å². The zero-order valence-electron chi connectivity index (χ0n) is 17.3. The lowest BCUT2D eigenvalue weighted by molar-refractivity contribution is 0.0531. The van der Waals surface area contributed by atoms with Gasteiger partial charge in [0.25, 0.3) is 0 Å². The van der Waals surface area contributed by atoms with Crippen LogP contribution in [0.5, 0.6) is 0 Å². The van der Waals surface area contributed by atoms with E-state index in [2.05, 4.69) is 15.3 Å². The molecule has 0 amide bonds. The van der Waals surface area contributed by atoms with Gasteiger partial charge >= 0.3 is 5.97 Å². The number of hydrogen-bond donors (Lipinski definition) is 1. The summed E-state index contributed by atoms with van der Waals surface area (Å²) < 4.78 is 5.15. The van der Waals surface area contributed by atoms with Gasteiger partial charge in [-0.25, -0.2) is 14.8 Å². The molecular weight excluding hydrogens is 426 g/mol. The number of aromatic nitrogens is 2. The molecule has 2 aromatic heterocycles. The SMILES string of the molecule is CCOC(=O)c1sc2ncnc(Nc3cccc4c3C(=O)c3ccccc3C4=O)c2c1C. The Morgan fingerprint density at radius 1 is 1.00 bits per heavy atom. The lowest BCUT2D eigenvalue weighted by atomic mass is 9.83. The van der Waals surface area contributed by atoms with E-state index >= 15 is 0 Å². The Morgan fingerprint density at radius 2 is 1.72 bits per heavy atom. The number of aryl methyl sites for hydroxylation is 1. The summed E-state index contributed by atoms with van der Waals surface area (Å²) in [7, 11) is 0. The molecule has 0 atom stereocenters. The molecule has 0 saturated heterocycles. The van der Waals surface area contributed by atoms with Crippen molar-refractivity contribution < 1.29 is 19.1 Å². The molecular formula is C24H17N3O4S. The zero-order valence-corrected chi connectivity index (χ0v) is 18.1. The fraction of sp³-hybridized carbons (Fsp3) is 0.125. The first-order chi connectivity index (χ1) is 15.5. The predicted molar refractivity (Wildman–Crippen MR) is 121 cm³/mol. The summed E-state index contributed by atoms with van der Waals surface area (Å²) in [5, 5.41) is 3.89. The summed E-state index contributed by atoms with van der Waals surface area (Å²) in [6.45, 7) is 3.84. The van der Waals surface area contributed by atoms with E-state index < -0.39 is 5.97 Å². The van der Waals surface area contributed by atoms with Gasteiger partial charge in [0, 0.05) is 16.7 Å². The highest BCUT2D eigenvalue weighted by molar-refractivity contribution is 7.20. The van der Waals surface area contributed by atoms with Crippen molar-refractivity contribution in [3.63, 3.8) is 0 Å². The zero-order chi connectivity index (χ0) is 22.4. The van der Waals surface area contributed by atoms with Gasteiger partial charge in [0.1, 0.15) is 21.9 Å². The predicted octanol–water partition coefficient (Wildman–Crippen LogP) is 4.70. The molecule has 0 unspecified atom stereocenters. The summed E-state index contributed by atoms with van der Waals surface area (Å²) in [4.78, 5) is 48.3. The van der Waals surface area contributed by atoms with E-state index in [0.717, 1.165) is 0 Å². The number of rotatable bonds is 4. The number of anilines is 2. The first-order valence-electron chi connectivity index (χ1n) is 10.0. The number of benzene rings is 2. The second-order valence-electron chi connectivity index (χ2n) is 7.24. The molecule has 1 N–H and O–H groups in total. The normalized spacial score (nSPS) is 12.4. The monoisotopic (exact) mass is 443 g/mol. The molecule has 158 valence electrons. The Labute approximate surface area is 187 Å². The number of ether oxygens (including phenoxy) is 1. The van der Waals surface area contributed by atoms with Crippen molar-refractivity contribution >= 4 is 50.6 Å². The molecule has 2 heterocycles. The van der Waals surface area contributed by atoms with Gasteiger partial charge in [-0.2, -0.15) is 0 Å². The number of thiophene rings is 1. The van der Waals surface area contributed by atoms with Crippen LogP contribution in [0, 0.1) is 6.92 Å². The Morgan fingerprint density at radius 3 is 2.47 bits per heavy atom. The van der Waals surface area contributed by atoms with Crippen LogP contribution in [0.4, 0.5) is 11.5 Å². The molecule has 7 nitrogen and oxygen atoms in total. The van der Waals surface area contributed by atoms with Crippen molar-refractivity contribution in [3.05, 3.63) is 81.5 Å². The molecule has 0 fully saturated rings. The van der Waals surface area contributed by atoms with Crippen LogP contribution in [0.15, 0.2) is 48.8 Å². The Bertz CT molecular complexity index is 1440. The maximum absolute atomic E-state index is 13.3. The Hall–Kier alpha value is -3.91. The highest BCUT2D eigenvalue weighted by Crippen LogP contribution is 2.37. The van der Waals surface area contributed by atoms with E-state index in [-0.39, 0.29) is 18.2 Å². The van der Waals surface area contributed by atoms with Crippen LogP contribution in [0.2, 0.25) is 0 Å². The number of esters is 1. The molecule has 8 heteroatoms. The van der Waals surface area contributed by atoms with Gasteiger partial charge in [-0.1, -0.05) is 36.4 Å². The van der Waals surface area contributed by atoms with Gasteiger partial charge in [-0.3, -0.25) is 9.59 Å². The largest absolute Gasteiger partial charge is 0.462 e. The molecule has 4 aromatic rings. The molecule has 0 spiro atoms. The van der Waals surface area contributed by atoms with Crippen LogP contribution in [-0.2, 0) is 4.74 Å². The Kier molecular flexibility index (Phi) is 4.79. The molecule has 1 aliphatic rings. The topological polar surface area (TPSA) is 98.2 Å². The van der Waals surface area contributed by atoms with Crippen LogP contribution in [0.3, 0.4) is 0 Å². The van der Waals surface area contributed by atoms with E-state index in [1.807, 2.05) is 6.92 Å². The van der Waals surface area contributed by atoms with Crippen molar-refractivity contribution in [2.24, 2.45) is 0 Å². The van der Waals surface area contributed by atoms with Gasteiger partial charge < -0.3 is 10.1 Å². The van der Waals surface area contributed by atoms with Crippen LogP contribution in [0.1, 0.15) is 54.0 Å². The van der Waals surface area contributed by atoms with Crippen molar-refractivity contribution in [2.75, 3.05) is 11.9 Å². The van der Waals surface area contributed by atoms with Crippen LogP contribution >= 0.6 is 11.3 Å². The van der Waals surface area contributed by atoms with Crippen LogP contribution in [-0.4, -0.2) is 34.1 Å². The number of nitrogens with one attached hydrogen (secondary N) is 1. The fourth-order valence-electron chi connectivity index (χ4n) is 3.93. The number of ketones is 2. The van der Waals surface area contributed by atoms with Crippen LogP contribution in [0.25, 0.3) is 10.2 Å². The third kappa shape index (κ3) is 2.99. The van der Waals surface area contributed by atoms with Crippen molar-refractivity contribution in [2.45, 2.75) is 13.8 Å². The first-order valence-corrected chi connectivity index (χ1v) is 10.8. The molecule has 0 saturated carbocycles. The smallest absolute Gasteiger partial charge is 0.348 e. The molecule has 0 aliphatic heterocycles. The average Bonchev–Trinajstić information content (AvgIpc) is 3.15. The summed E-state index contributed by atoms with van der Waals surface area (Å²) in [5.74, 6) is -0.374. The average molecular weight is 443 g/mol. The highest BCUT2D eigenvalue weighted by atomic mass is 32.1. The maximum atomic E-state index is 13.3. The number of carbonyl (C=O) groups is 3. The molecule has 0 radical (unpaired) electrons. The first kappa shape index (κ1) is 20.0. The van der Waals surface area contributed by atoms with Gasteiger partial charge in [0.15, 0.2) is 11.6 Å². The molecule has 5 rings (SSSR count). The van der Waals surface area contributed by atoms with Crippen molar-refractivity contribution in [1.29, 1.82) is 0 Å². The molecule has 0 bridgehead atoms. The number of fused-ring (bicyclic) bond motifs is 3. The molecule has 32 heavy (non-hydrogen) atoms. The quantitative estimate of drug-likeness (QED) is 0.402. The Balaban J connectivity index is 1.63. The van der Waals surface area contributed by atoms with Gasteiger partial charge in [0.2, 0.25) is 0 Å². The third-order valence-corrected chi connectivity index (χ3v) is 6.57. The fourth-order valence-corrected chi connectivity index (χ4v) is 4.98. The lowest BCUT2D eigenvalue weighted by Crippen LogP contribution is -2.22. The summed E-state index contributed by atoms with van der Waals surface area (Å²) in [6.07, 6.45) is 1.40. The van der Waals surface area contributed by atoms with Crippen molar-refractivity contribution in [3.8, 4) is 0 Å². The van der Waals surface area contributed by atoms with E-state index in [4.69, 9.17) is 4.74 Å². The summed E-state index contributed by atoms with van der Waals surface area (Å²) in [6, 6.07) is 11.9. The maximum Gasteiger partial charge on any atom is 0.348 e. The second kappa shape index (κ2) is 7.65. The van der Waals surface area contributed by atoms with E-state index in [0.29, 0.717) is 54.4 Å². The van der Waals surface area contributed by atoms with Gasteiger partial charge in [0.05, 0.1) is 23.2 Å². The number of nitrogens with zero attached hydrogens (tertiary/aromatic N) is 2. The minimum absolute atomic E-state index is 0.192. The van der Waals surface area contributed by atoms with Crippen molar-refractivity contribution in [1.82, 2.24) is 9.97 Å². The lowest BCUT2D eigenvalue weighted by Gasteiger charge is -2.20. The number of carbonyl (C=O) groups excluding carboxylic acids is 3. The third-order valence-electron chi connectivity index (χ3n) is 5.39. The highest BCUT2D eigenvalue weighted by Gasteiger charge is 2.31. The van der Waals surface area contributed by atoms with Gasteiger partial charge in [-0.15, -0.1) is 11.3 Å². The second-order valence-corrected chi connectivity index (χ2v) is 8.24. The molecule has 1 aliphatic carbocycles. The summed E-state index contributed by atoms with van der Waals surface area (Å²) in [5.41, 5.74) is 2.60. The summed E-state index contributed by atoms with van der Waals surface area (Å²) >= 11 is 1.23. The number of hydrogen-bond acceptors (Lipinski definition) is 8. The standard InChI is InChI=1S/C24H17N3O4S/c1-3-31-24(30)21-12(2)17-22(25-11-26-23(17)32-21)27-16-10-6-9-15-18(16)20(29)14-8-5-4-7-13(14)19(15)28/h4-11H,3H2,1-2H3,(H,25,26,27). The molecule has 2 aromatic carbocycles. The minimum atomic E-state index is -0.409. The minimum Gasteiger partial charge on any atom is -0.462 e. The van der Waals surface area contributed by atoms with E-state index in [1.165, 1.54) is 17.7 Å². The van der Waals surface area contributed by atoms with E-state index in [9.17, 15) is 14.4 Å².